The van der Waals surface area contributed by atoms with Gasteiger partial charge < -0.3 is 30.4 Å². The number of aromatic nitrogens is 4. The summed E-state index contributed by atoms with van der Waals surface area (Å²) in [5.74, 6) is -6.10. The van der Waals surface area contributed by atoms with Crippen LogP contribution >= 0.6 is 0 Å². The molecule has 3 aromatic heterocycles. The van der Waals surface area contributed by atoms with E-state index in [4.69, 9.17) is 0 Å². The number of nitrogens with zero attached hydrogens (tertiary/aromatic N) is 2. The Balaban J connectivity index is 2.00. The SMILES string of the molecule is Cc1c(/C=C/C(=O)O)c2cc3[nH]c(cc4nc(cc5nc(cc1[nH]2)C(C)(CC(=O)O)C5=O)C(C)(CC(=O)O)C4=O)c(C)c3CCC(=O)O. The zero-order valence-electron chi connectivity index (χ0n) is 26.4. The third-order valence-corrected chi connectivity index (χ3v) is 9.01. The lowest BCUT2D eigenvalue weighted by molar-refractivity contribution is -0.139. The summed E-state index contributed by atoms with van der Waals surface area (Å²) in [6, 6.07) is 5.82. The molecule has 5 heterocycles. The van der Waals surface area contributed by atoms with Crippen molar-refractivity contribution in [1.82, 2.24) is 19.9 Å². The quantitative estimate of drug-likeness (QED) is 0.177. The van der Waals surface area contributed by atoms with E-state index >= 15 is 0 Å². The van der Waals surface area contributed by atoms with Crippen molar-refractivity contribution in [3.8, 4) is 0 Å². The van der Waals surface area contributed by atoms with Crippen LogP contribution in [0.2, 0.25) is 0 Å². The van der Waals surface area contributed by atoms with Gasteiger partial charge in [0.05, 0.1) is 35.1 Å². The highest BCUT2D eigenvalue weighted by atomic mass is 16.4. The molecule has 2 aliphatic rings. The Labute approximate surface area is 272 Å². The van der Waals surface area contributed by atoms with Crippen LogP contribution in [-0.2, 0) is 36.4 Å². The Hall–Kier alpha value is -5.92. The van der Waals surface area contributed by atoms with Gasteiger partial charge in [0.15, 0.2) is 11.6 Å². The van der Waals surface area contributed by atoms with Gasteiger partial charge in [-0.3, -0.25) is 24.0 Å². The van der Waals surface area contributed by atoms with E-state index in [9.17, 15) is 49.2 Å². The highest BCUT2D eigenvalue weighted by Gasteiger charge is 2.47. The molecule has 14 nitrogen and oxygen atoms in total. The van der Waals surface area contributed by atoms with Crippen LogP contribution in [-0.4, -0.2) is 75.8 Å². The van der Waals surface area contributed by atoms with Crippen LogP contribution in [0.15, 0.2) is 30.3 Å². The molecule has 8 bridgehead atoms. The monoisotopic (exact) mass is 656 g/mol. The zero-order valence-corrected chi connectivity index (χ0v) is 26.4. The molecular weight excluding hydrogens is 624 g/mol. The van der Waals surface area contributed by atoms with Crippen molar-refractivity contribution >= 4 is 63.6 Å². The lowest BCUT2D eigenvalue weighted by Gasteiger charge is -2.20. The van der Waals surface area contributed by atoms with Crippen molar-refractivity contribution in [2.45, 2.75) is 64.2 Å². The van der Waals surface area contributed by atoms with E-state index in [0.717, 1.165) is 6.08 Å². The van der Waals surface area contributed by atoms with Gasteiger partial charge >= 0.3 is 23.9 Å². The normalized spacial score (nSPS) is 19.2. The molecule has 0 amide bonds. The van der Waals surface area contributed by atoms with Gasteiger partial charge in [-0.2, -0.15) is 0 Å². The molecule has 0 aromatic carbocycles. The predicted octanol–water partition coefficient (Wildman–Crippen LogP) is 4.28. The van der Waals surface area contributed by atoms with E-state index in [2.05, 4.69) is 19.9 Å². The second kappa shape index (κ2) is 12.0. The first kappa shape index (κ1) is 33.4. The molecule has 0 saturated carbocycles. The molecule has 2 unspecified atom stereocenters. The number of hydrogen-bond acceptors (Lipinski definition) is 8. The first-order valence-electron chi connectivity index (χ1n) is 14.9. The maximum absolute atomic E-state index is 13.9. The number of nitrogens with one attached hydrogen (secondary N) is 2. The minimum atomic E-state index is -1.69. The number of H-pyrrole nitrogens is 2. The minimum absolute atomic E-state index is 0.0409. The highest BCUT2D eigenvalue weighted by Crippen LogP contribution is 2.39. The summed E-state index contributed by atoms with van der Waals surface area (Å²) < 4.78 is 0. The van der Waals surface area contributed by atoms with Gasteiger partial charge in [0.1, 0.15) is 11.4 Å². The van der Waals surface area contributed by atoms with Gasteiger partial charge in [-0.25, -0.2) is 14.8 Å². The smallest absolute Gasteiger partial charge is 0.328 e. The second-order valence-electron chi connectivity index (χ2n) is 12.4. The molecule has 0 spiro atoms. The summed E-state index contributed by atoms with van der Waals surface area (Å²) >= 11 is 0. The fourth-order valence-electron chi connectivity index (χ4n) is 6.26. The summed E-state index contributed by atoms with van der Waals surface area (Å²) in [5.41, 5.74) is 0.222. The number of aryl methyl sites for hydroxylation is 3. The molecule has 14 heteroatoms. The third kappa shape index (κ3) is 5.87. The van der Waals surface area contributed by atoms with Crippen LogP contribution in [0.25, 0.3) is 28.1 Å². The van der Waals surface area contributed by atoms with E-state index in [-0.39, 0.29) is 35.6 Å². The van der Waals surface area contributed by atoms with Crippen molar-refractivity contribution in [3.63, 3.8) is 0 Å². The Morgan fingerprint density at radius 1 is 0.708 bits per heavy atom. The van der Waals surface area contributed by atoms with Gasteiger partial charge in [-0.1, -0.05) is 0 Å². The standard InChI is InChI=1S/C34H32N4O10/c1-15-17(5-7-27(39)40)21-10-22-18(6-8-28(41)42)16(2)20(36-22)11-25-33(3,13-29(43)44)32(48)24(38-25)12-26-34(4,14-30(45)46)31(47)23(37-26)9-19(15)35-21/h6,8-12,35-36H,5,7,13-14H2,1-4H3,(H,39,40)(H,41,42)(H,43,44)(H,45,46)/b8-6+,19-9?,20-11?,21-10?,22-10?,23-9?,24-12?,25-11?,26-12?. The molecule has 5 rings (SSSR count). The third-order valence-electron chi connectivity index (χ3n) is 9.01. The van der Waals surface area contributed by atoms with Gasteiger partial charge in [0.25, 0.3) is 0 Å². The van der Waals surface area contributed by atoms with Crippen LogP contribution in [0.5, 0.6) is 0 Å². The fourth-order valence-corrected chi connectivity index (χ4v) is 6.26. The molecule has 6 N–H and O–H groups in total. The summed E-state index contributed by atoms with van der Waals surface area (Å²) in [6.45, 7) is 6.26. The maximum atomic E-state index is 13.9. The van der Waals surface area contributed by atoms with Gasteiger partial charge in [-0.05, 0) is 81.1 Å². The van der Waals surface area contributed by atoms with Crippen molar-refractivity contribution in [3.05, 3.63) is 75.4 Å². The molecule has 0 saturated heterocycles. The zero-order chi connectivity index (χ0) is 35.3. The van der Waals surface area contributed by atoms with Crippen LogP contribution < -0.4 is 0 Å². The summed E-state index contributed by atoms with van der Waals surface area (Å²) in [5, 5.41) is 38.3. The molecule has 3 aromatic rings. The molecule has 248 valence electrons. The number of carbonyl (C=O) groups excluding carboxylic acids is 2. The van der Waals surface area contributed by atoms with Crippen LogP contribution in [0.1, 0.15) is 87.7 Å². The lowest BCUT2D eigenvalue weighted by Crippen LogP contribution is -2.32. The van der Waals surface area contributed by atoms with Crippen LogP contribution in [0.4, 0.5) is 0 Å². The number of carboxylic acids is 4. The number of ketones is 2. The topological polar surface area (TPSA) is 241 Å². The molecule has 0 fully saturated rings. The Morgan fingerprint density at radius 2 is 1.23 bits per heavy atom. The first-order chi connectivity index (χ1) is 22.4. The number of aromatic amines is 2. The van der Waals surface area contributed by atoms with Crippen molar-refractivity contribution in [1.29, 1.82) is 0 Å². The average molecular weight is 657 g/mol. The van der Waals surface area contributed by atoms with E-state index in [1.165, 1.54) is 38.1 Å². The Morgan fingerprint density at radius 3 is 1.77 bits per heavy atom. The molecule has 2 aliphatic heterocycles. The minimum Gasteiger partial charge on any atom is -0.481 e. The predicted molar refractivity (Wildman–Crippen MR) is 171 cm³/mol. The van der Waals surface area contributed by atoms with Gasteiger partial charge in [0.2, 0.25) is 0 Å². The van der Waals surface area contributed by atoms with E-state index in [1.54, 1.807) is 19.9 Å². The van der Waals surface area contributed by atoms with Crippen molar-refractivity contribution in [2.75, 3.05) is 0 Å². The number of rotatable bonds is 9. The fraction of sp³-hybridized carbons (Fsp3) is 0.294. The molecule has 48 heavy (non-hydrogen) atoms. The number of fused-ring (bicyclic) bond motifs is 8. The highest BCUT2D eigenvalue weighted by molar-refractivity contribution is 6.09. The number of hydrogen-bond donors (Lipinski definition) is 6. The Kier molecular flexibility index (Phi) is 8.38. The largest absolute Gasteiger partial charge is 0.481 e. The lowest BCUT2D eigenvalue weighted by atomic mass is 9.78. The molecule has 2 atom stereocenters. The maximum Gasteiger partial charge on any atom is 0.328 e. The van der Waals surface area contributed by atoms with Crippen molar-refractivity contribution < 1.29 is 49.2 Å². The molecule has 0 aliphatic carbocycles. The van der Waals surface area contributed by atoms with E-state index in [1.807, 2.05) is 0 Å². The van der Waals surface area contributed by atoms with Crippen LogP contribution in [0.3, 0.4) is 0 Å². The molecule has 0 radical (unpaired) electrons. The van der Waals surface area contributed by atoms with E-state index < -0.39 is 59.1 Å². The first-order valence-corrected chi connectivity index (χ1v) is 14.9. The second-order valence-corrected chi connectivity index (χ2v) is 12.4. The van der Waals surface area contributed by atoms with E-state index in [0.29, 0.717) is 44.3 Å². The van der Waals surface area contributed by atoms with Gasteiger partial charge in [-0.15, -0.1) is 0 Å². The van der Waals surface area contributed by atoms with Gasteiger partial charge in [0, 0.05) is 40.1 Å². The summed E-state index contributed by atoms with van der Waals surface area (Å²) in [7, 11) is 0. The van der Waals surface area contributed by atoms with Crippen molar-refractivity contribution in [2.24, 2.45) is 0 Å². The Bertz CT molecular complexity index is 2160. The summed E-state index contributed by atoms with van der Waals surface area (Å²) in [6.07, 6.45) is 0.916. The number of aliphatic carboxylic acids is 4. The summed E-state index contributed by atoms with van der Waals surface area (Å²) in [4.78, 5) is 90.1. The average Bonchev–Trinajstić information content (AvgIpc) is 3.58. The number of Topliss-reactive ketones (excluding diaryl/α,β-unsaturated/α-hetero) is 2. The number of carboxylic acid groups (broad SMARTS) is 4. The number of carbonyl (C=O) groups is 6. The molecular formula is C34H32N4O10. The van der Waals surface area contributed by atoms with Crippen LogP contribution in [0, 0.1) is 13.8 Å².